The topological polar surface area (TPSA) is 58.4 Å². The molecule has 0 unspecified atom stereocenters. The van der Waals surface area contributed by atoms with Gasteiger partial charge in [-0.15, -0.1) is 12.4 Å². The Balaban J connectivity index is 0.00000210. The van der Waals surface area contributed by atoms with Crippen LogP contribution in [0.15, 0.2) is 29.2 Å². The maximum absolute atomic E-state index is 13.1. The molecule has 2 aromatic rings. The molecule has 4 rings (SSSR count). The molecular formula is C21H31ClN4O. The summed E-state index contributed by atoms with van der Waals surface area (Å²) in [6.07, 6.45) is 14.4. The zero-order valence-corrected chi connectivity index (χ0v) is 16.8. The average molecular weight is 391 g/mol. The lowest BCUT2D eigenvalue weighted by molar-refractivity contribution is 0.371. The van der Waals surface area contributed by atoms with E-state index in [4.69, 9.17) is 4.98 Å². The first-order valence-electron chi connectivity index (χ1n) is 10.3. The summed E-state index contributed by atoms with van der Waals surface area (Å²) in [5, 5.41) is 7.23. The fourth-order valence-corrected chi connectivity index (χ4v) is 4.40. The van der Waals surface area contributed by atoms with Crippen LogP contribution in [0, 0.1) is 0 Å². The minimum atomic E-state index is 0. The van der Waals surface area contributed by atoms with Crippen molar-refractivity contribution in [2.45, 2.75) is 82.8 Å². The molecule has 2 aliphatic rings. The van der Waals surface area contributed by atoms with Gasteiger partial charge >= 0.3 is 0 Å². The molecule has 0 spiro atoms. The van der Waals surface area contributed by atoms with Crippen LogP contribution in [0.3, 0.4) is 0 Å². The van der Waals surface area contributed by atoms with Gasteiger partial charge in [-0.05, 0) is 37.8 Å². The lowest BCUT2D eigenvalue weighted by Crippen LogP contribution is -2.35. The van der Waals surface area contributed by atoms with Crippen molar-refractivity contribution >= 4 is 23.9 Å². The monoisotopic (exact) mass is 390 g/mol. The molecule has 2 saturated carbocycles. The zero-order valence-electron chi connectivity index (χ0n) is 16.0. The summed E-state index contributed by atoms with van der Waals surface area (Å²) >= 11 is 0. The van der Waals surface area contributed by atoms with Crippen LogP contribution in [-0.2, 0) is 6.54 Å². The highest BCUT2D eigenvalue weighted by Gasteiger charge is 2.20. The van der Waals surface area contributed by atoms with Crippen LogP contribution in [0.2, 0.25) is 0 Å². The molecule has 6 heteroatoms. The van der Waals surface area contributed by atoms with Crippen molar-refractivity contribution in [1.29, 1.82) is 0 Å². The number of nitrogens with one attached hydrogen (secondary N) is 2. The number of hydrogen-bond donors (Lipinski definition) is 2. The van der Waals surface area contributed by atoms with Crippen molar-refractivity contribution in [1.82, 2.24) is 14.7 Å². The van der Waals surface area contributed by atoms with Crippen LogP contribution >= 0.6 is 12.4 Å². The minimum Gasteiger partial charge on any atom is -0.367 e. The highest BCUT2D eigenvalue weighted by Crippen LogP contribution is 2.23. The molecule has 0 bridgehead atoms. The molecule has 0 aromatic carbocycles. The first kappa shape index (κ1) is 20.2. The summed E-state index contributed by atoms with van der Waals surface area (Å²) in [6.45, 7) is 0.601. The molecule has 2 aliphatic carbocycles. The number of nitrogens with zero attached hydrogens (tertiary/aromatic N) is 2. The van der Waals surface area contributed by atoms with Gasteiger partial charge in [-0.2, -0.15) is 0 Å². The van der Waals surface area contributed by atoms with Crippen LogP contribution in [0.5, 0.6) is 0 Å². The summed E-state index contributed by atoms with van der Waals surface area (Å²) in [5.41, 5.74) is 1.55. The predicted octanol–water partition coefficient (Wildman–Crippen LogP) is 4.28. The van der Waals surface area contributed by atoms with Crippen molar-refractivity contribution in [2.75, 3.05) is 5.32 Å². The van der Waals surface area contributed by atoms with Gasteiger partial charge in [-0.25, -0.2) is 4.98 Å². The SMILES string of the molecule is Cl.O=c1c(CNC2CCCCC2)c(NC2CCCCC2)nc2ccccn12. The fraction of sp³-hybridized carbons (Fsp3) is 0.619. The maximum atomic E-state index is 13.1. The van der Waals surface area contributed by atoms with E-state index in [-0.39, 0.29) is 18.0 Å². The third-order valence-electron chi connectivity index (χ3n) is 5.95. The second-order valence-electron chi connectivity index (χ2n) is 7.87. The van der Waals surface area contributed by atoms with E-state index in [0.717, 1.165) is 17.0 Å². The standard InChI is InChI=1S/C21H30N4O.ClH/c26-21-18(15-22-16-9-3-1-4-10-16)20(23-17-11-5-2-6-12-17)24-19-13-7-8-14-25(19)21;/h7-8,13-14,16-17,22-23H,1-6,9-12,15H2;1H. The van der Waals surface area contributed by atoms with Crippen molar-refractivity contribution < 1.29 is 0 Å². The smallest absolute Gasteiger partial charge is 0.264 e. The molecule has 0 atom stereocenters. The van der Waals surface area contributed by atoms with E-state index in [0.29, 0.717) is 18.6 Å². The molecule has 0 amide bonds. The van der Waals surface area contributed by atoms with Crippen molar-refractivity contribution in [2.24, 2.45) is 0 Å². The molecule has 0 radical (unpaired) electrons. The van der Waals surface area contributed by atoms with Gasteiger partial charge in [-0.3, -0.25) is 9.20 Å². The first-order chi connectivity index (χ1) is 12.8. The van der Waals surface area contributed by atoms with Crippen LogP contribution in [0.1, 0.15) is 69.8 Å². The third kappa shape index (κ3) is 4.82. The molecule has 2 aromatic heterocycles. The van der Waals surface area contributed by atoms with Crippen molar-refractivity contribution in [3.05, 3.63) is 40.3 Å². The summed E-state index contributed by atoms with van der Waals surface area (Å²) in [6, 6.07) is 6.71. The number of aromatic nitrogens is 2. The predicted molar refractivity (Wildman–Crippen MR) is 113 cm³/mol. The molecule has 5 nitrogen and oxygen atoms in total. The lowest BCUT2D eigenvalue weighted by atomic mass is 9.95. The highest BCUT2D eigenvalue weighted by atomic mass is 35.5. The van der Waals surface area contributed by atoms with E-state index < -0.39 is 0 Å². The van der Waals surface area contributed by atoms with E-state index in [9.17, 15) is 4.79 Å². The lowest BCUT2D eigenvalue weighted by Gasteiger charge is -2.26. The van der Waals surface area contributed by atoms with E-state index in [1.807, 2.05) is 24.4 Å². The molecule has 2 heterocycles. The Labute approximate surface area is 167 Å². The second kappa shape index (κ2) is 9.56. The molecular weight excluding hydrogens is 360 g/mol. The van der Waals surface area contributed by atoms with Crippen LogP contribution in [0.4, 0.5) is 5.82 Å². The zero-order chi connectivity index (χ0) is 17.8. The van der Waals surface area contributed by atoms with E-state index in [1.165, 1.54) is 64.2 Å². The Morgan fingerprint density at radius 1 is 0.963 bits per heavy atom. The number of halogens is 1. The quantitative estimate of drug-likeness (QED) is 0.799. The summed E-state index contributed by atoms with van der Waals surface area (Å²) in [5.74, 6) is 0.788. The maximum Gasteiger partial charge on any atom is 0.264 e. The van der Waals surface area contributed by atoms with Gasteiger partial charge in [0.1, 0.15) is 11.5 Å². The van der Waals surface area contributed by atoms with E-state index >= 15 is 0 Å². The Morgan fingerprint density at radius 2 is 1.63 bits per heavy atom. The number of pyridine rings is 1. The Morgan fingerprint density at radius 3 is 2.33 bits per heavy atom. The number of anilines is 1. The second-order valence-corrected chi connectivity index (χ2v) is 7.87. The van der Waals surface area contributed by atoms with Crippen LogP contribution < -0.4 is 16.2 Å². The Bertz CT molecular complexity index is 794. The number of rotatable bonds is 5. The van der Waals surface area contributed by atoms with E-state index in [2.05, 4.69) is 10.6 Å². The van der Waals surface area contributed by atoms with Gasteiger partial charge in [0.25, 0.3) is 5.56 Å². The van der Waals surface area contributed by atoms with Gasteiger partial charge in [0.15, 0.2) is 0 Å². The summed E-state index contributed by atoms with van der Waals surface area (Å²) < 4.78 is 1.67. The highest BCUT2D eigenvalue weighted by molar-refractivity contribution is 5.85. The largest absolute Gasteiger partial charge is 0.367 e. The molecule has 2 N–H and O–H groups in total. The molecule has 2 fully saturated rings. The third-order valence-corrected chi connectivity index (χ3v) is 5.95. The molecule has 148 valence electrons. The summed E-state index contributed by atoms with van der Waals surface area (Å²) in [7, 11) is 0. The minimum absolute atomic E-state index is 0. The Kier molecular flexibility index (Phi) is 7.13. The summed E-state index contributed by atoms with van der Waals surface area (Å²) in [4.78, 5) is 17.9. The number of hydrogen-bond acceptors (Lipinski definition) is 4. The molecule has 27 heavy (non-hydrogen) atoms. The van der Waals surface area contributed by atoms with Gasteiger partial charge in [0, 0.05) is 24.8 Å². The van der Waals surface area contributed by atoms with E-state index in [1.54, 1.807) is 4.40 Å². The first-order valence-corrected chi connectivity index (χ1v) is 10.3. The molecule has 0 aliphatic heterocycles. The van der Waals surface area contributed by atoms with Gasteiger partial charge in [-0.1, -0.05) is 44.6 Å². The van der Waals surface area contributed by atoms with Crippen LogP contribution in [-0.4, -0.2) is 21.5 Å². The van der Waals surface area contributed by atoms with Crippen molar-refractivity contribution in [3.63, 3.8) is 0 Å². The average Bonchev–Trinajstić information content (AvgIpc) is 2.69. The normalized spacial score (nSPS) is 19.0. The molecule has 0 saturated heterocycles. The Hall–Kier alpha value is -1.59. The fourth-order valence-electron chi connectivity index (χ4n) is 4.40. The number of fused-ring (bicyclic) bond motifs is 1. The van der Waals surface area contributed by atoms with Crippen molar-refractivity contribution in [3.8, 4) is 0 Å². The van der Waals surface area contributed by atoms with Gasteiger partial charge < -0.3 is 10.6 Å². The van der Waals surface area contributed by atoms with Crippen LogP contribution in [0.25, 0.3) is 5.65 Å². The van der Waals surface area contributed by atoms with Gasteiger partial charge in [0.05, 0.1) is 5.56 Å². The van der Waals surface area contributed by atoms with Gasteiger partial charge in [0.2, 0.25) is 0 Å².